The smallest absolute Gasteiger partial charge is 0.0319 e. The van der Waals surface area contributed by atoms with Crippen LogP contribution in [0.4, 0.5) is 0 Å². The van der Waals surface area contributed by atoms with E-state index in [0.717, 1.165) is 35.5 Å². The average Bonchev–Trinajstić information content (AvgIpc) is 3.19. The summed E-state index contributed by atoms with van der Waals surface area (Å²) in [5.74, 6) is 7.84. The summed E-state index contributed by atoms with van der Waals surface area (Å²) in [4.78, 5) is 0. The first-order valence-electron chi connectivity index (χ1n) is 20.4. The molecule has 1 heterocycles. The fourth-order valence-electron chi connectivity index (χ4n) is 13.5. The van der Waals surface area contributed by atoms with E-state index in [9.17, 15) is 0 Å². The molecule has 250 valence electrons. The van der Waals surface area contributed by atoms with Crippen LogP contribution in [0, 0.1) is 64.6 Å². The Morgan fingerprint density at radius 1 is 0.761 bits per heavy atom. The summed E-state index contributed by atoms with van der Waals surface area (Å²) in [6.45, 7) is 7.97. The highest BCUT2D eigenvalue weighted by atomic mass is 15.0. The lowest BCUT2D eigenvalue weighted by Gasteiger charge is -2.55. The Labute approximate surface area is 282 Å². The molecule has 1 spiro atoms. The first-order valence-corrected chi connectivity index (χ1v) is 20.4. The molecule has 2 saturated carbocycles. The minimum Gasteiger partial charge on any atom is -0.303 e. The van der Waals surface area contributed by atoms with Crippen LogP contribution in [0.2, 0.25) is 0 Å². The number of rotatable bonds is 4. The number of nitrogens with one attached hydrogen (secondary N) is 1. The van der Waals surface area contributed by atoms with Crippen molar-refractivity contribution >= 4 is 0 Å². The van der Waals surface area contributed by atoms with Crippen molar-refractivity contribution < 1.29 is 0 Å². The van der Waals surface area contributed by atoms with Crippen LogP contribution in [-0.2, 0) is 0 Å². The third-order valence-electron chi connectivity index (χ3n) is 15.5. The van der Waals surface area contributed by atoms with Crippen molar-refractivity contribution in [1.82, 2.24) is 5.32 Å². The highest BCUT2D eigenvalue weighted by Gasteiger charge is 2.55. The van der Waals surface area contributed by atoms with Crippen LogP contribution in [0.25, 0.3) is 0 Å². The van der Waals surface area contributed by atoms with E-state index in [-0.39, 0.29) is 0 Å². The normalized spacial score (nSPS) is 45.3. The van der Waals surface area contributed by atoms with Gasteiger partial charge in [0.1, 0.15) is 0 Å². The largest absolute Gasteiger partial charge is 0.303 e. The van der Waals surface area contributed by atoms with Gasteiger partial charge in [0.05, 0.1) is 0 Å². The molecule has 0 aromatic rings. The summed E-state index contributed by atoms with van der Waals surface area (Å²) in [7, 11) is 0. The van der Waals surface area contributed by atoms with E-state index < -0.39 is 0 Å². The van der Waals surface area contributed by atoms with Crippen molar-refractivity contribution in [3.8, 4) is 0 Å². The Kier molecular flexibility index (Phi) is 9.20. The summed E-state index contributed by atoms with van der Waals surface area (Å²) >= 11 is 0. The van der Waals surface area contributed by atoms with Crippen LogP contribution in [0.3, 0.4) is 0 Å². The van der Waals surface area contributed by atoms with Crippen LogP contribution < -0.4 is 5.32 Å². The minimum atomic E-state index is 0.486. The fraction of sp³-hybridized carbons (Fsp3) is 0.733. The van der Waals surface area contributed by atoms with Crippen molar-refractivity contribution in [2.75, 3.05) is 0 Å². The molecular weight excluding hydrogens is 555 g/mol. The van der Waals surface area contributed by atoms with Gasteiger partial charge in [-0.05, 0) is 141 Å². The number of hydrogen-bond donors (Lipinski definition) is 1. The van der Waals surface area contributed by atoms with Crippen molar-refractivity contribution in [2.24, 2.45) is 64.6 Å². The maximum atomic E-state index is 4.46. The van der Waals surface area contributed by atoms with Crippen molar-refractivity contribution in [3.05, 3.63) is 71.4 Å². The Morgan fingerprint density at radius 2 is 1.63 bits per heavy atom. The Balaban J connectivity index is 1.18. The van der Waals surface area contributed by atoms with Gasteiger partial charge in [-0.25, -0.2) is 0 Å². The summed E-state index contributed by atoms with van der Waals surface area (Å²) in [6, 6.07) is 1.02. The number of allylic oxidation sites excluding steroid dienone is 10. The molecular formula is C45H65N. The van der Waals surface area contributed by atoms with Crippen LogP contribution in [-0.4, -0.2) is 12.1 Å². The highest BCUT2D eigenvalue weighted by molar-refractivity contribution is 5.37. The second kappa shape index (κ2) is 13.4. The van der Waals surface area contributed by atoms with E-state index in [0.29, 0.717) is 41.2 Å². The van der Waals surface area contributed by atoms with Crippen LogP contribution in [0.5, 0.6) is 0 Å². The predicted octanol–water partition coefficient (Wildman–Crippen LogP) is 11.7. The van der Waals surface area contributed by atoms with E-state index >= 15 is 0 Å². The van der Waals surface area contributed by atoms with Crippen molar-refractivity contribution in [2.45, 2.75) is 142 Å². The standard InChI is InChI=1S/C45H65N/c1-30-16-15-22-37(44-32(3)38(34-17-7-4-8-18-34)29-41(46-44)35-19-9-5-10-20-35)42(30)43-31(2)26-33-27-36-21-11-12-23-39(36)45(40(43)28-33)24-13-6-14-25-45/h4-5,7,9,15-16,19,22,28,30-34,36,38-39,41-44,46H,6,8,10-14,17-18,20-21,23-27,29H2,1-3H3/t30-,31?,32?,33?,34?,36?,38?,39?,41?,42?,43?,44?/m1/s1. The molecule has 1 heteroatoms. The second-order valence-corrected chi connectivity index (χ2v) is 17.9. The number of fused-ring (bicyclic) bond motifs is 4. The first kappa shape index (κ1) is 31.7. The summed E-state index contributed by atoms with van der Waals surface area (Å²) in [5, 5.41) is 4.46. The Morgan fingerprint density at radius 3 is 2.43 bits per heavy atom. The first-order chi connectivity index (χ1) is 22.5. The summed E-state index contributed by atoms with van der Waals surface area (Å²) in [6.07, 6.45) is 47.0. The monoisotopic (exact) mass is 620 g/mol. The summed E-state index contributed by atoms with van der Waals surface area (Å²) in [5.41, 5.74) is 5.98. The molecule has 0 radical (unpaired) electrons. The molecule has 46 heavy (non-hydrogen) atoms. The molecule has 1 aliphatic heterocycles. The van der Waals surface area contributed by atoms with Gasteiger partial charge in [-0.1, -0.05) is 125 Å². The molecule has 0 aromatic carbocycles. The molecule has 0 amide bonds. The van der Waals surface area contributed by atoms with Gasteiger partial charge in [0.25, 0.3) is 0 Å². The van der Waals surface area contributed by atoms with E-state index in [2.05, 4.69) is 80.8 Å². The number of piperidine rings is 1. The van der Waals surface area contributed by atoms with E-state index in [1.165, 1.54) is 109 Å². The summed E-state index contributed by atoms with van der Waals surface area (Å²) < 4.78 is 0. The lowest BCUT2D eigenvalue weighted by Crippen LogP contribution is -2.56. The zero-order valence-electron chi connectivity index (χ0n) is 29.6. The molecule has 2 bridgehead atoms. The Bertz CT molecular complexity index is 1280. The van der Waals surface area contributed by atoms with Gasteiger partial charge in [-0.2, -0.15) is 0 Å². The quantitative estimate of drug-likeness (QED) is 0.309. The second-order valence-electron chi connectivity index (χ2n) is 17.9. The molecule has 11 unspecified atom stereocenters. The van der Waals surface area contributed by atoms with Gasteiger partial charge in [-0.3, -0.25) is 0 Å². The zero-order valence-corrected chi connectivity index (χ0v) is 29.6. The third-order valence-corrected chi connectivity index (χ3v) is 15.5. The molecule has 8 rings (SSSR count). The predicted molar refractivity (Wildman–Crippen MR) is 195 cm³/mol. The van der Waals surface area contributed by atoms with Crippen LogP contribution >= 0.6 is 0 Å². The lowest BCUT2D eigenvalue weighted by molar-refractivity contribution is 0.0424. The number of hydrogen-bond acceptors (Lipinski definition) is 1. The molecule has 1 nitrogen and oxygen atoms in total. The van der Waals surface area contributed by atoms with Gasteiger partial charge in [0.15, 0.2) is 0 Å². The molecule has 8 aliphatic rings. The van der Waals surface area contributed by atoms with Crippen molar-refractivity contribution in [1.29, 1.82) is 0 Å². The highest BCUT2D eigenvalue weighted by Crippen LogP contribution is 2.64. The minimum absolute atomic E-state index is 0.486. The van der Waals surface area contributed by atoms with Gasteiger partial charge >= 0.3 is 0 Å². The van der Waals surface area contributed by atoms with Gasteiger partial charge in [0.2, 0.25) is 0 Å². The molecule has 3 fully saturated rings. The van der Waals surface area contributed by atoms with Gasteiger partial charge in [-0.15, -0.1) is 0 Å². The molecule has 7 aliphatic carbocycles. The third kappa shape index (κ3) is 5.65. The van der Waals surface area contributed by atoms with E-state index in [1.54, 1.807) is 11.1 Å². The van der Waals surface area contributed by atoms with E-state index in [1.807, 2.05) is 5.57 Å². The lowest BCUT2D eigenvalue weighted by atomic mass is 9.50. The van der Waals surface area contributed by atoms with Crippen LogP contribution in [0.1, 0.15) is 130 Å². The SMILES string of the molecule is CC1CC2C=C(C1C1C(C3NC(C4=CC=CCC4)CC(C4CC=CCC4)C3C)=CC=C[C@H]1C)C1(CCCCC1)C1CCCCC1C2. The molecule has 12 atom stereocenters. The van der Waals surface area contributed by atoms with E-state index in [4.69, 9.17) is 0 Å². The fourth-order valence-corrected chi connectivity index (χ4v) is 13.5. The molecule has 1 saturated heterocycles. The average molecular weight is 620 g/mol. The van der Waals surface area contributed by atoms with Gasteiger partial charge < -0.3 is 5.32 Å². The topological polar surface area (TPSA) is 12.0 Å². The van der Waals surface area contributed by atoms with Crippen molar-refractivity contribution in [3.63, 3.8) is 0 Å². The Hall–Kier alpha value is -1.60. The molecule has 0 aromatic heterocycles. The van der Waals surface area contributed by atoms with Crippen LogP contribution in [0.15, 0.2) is 71.4 Å². The van der Waals surface area contributed by atoms with Gasteiger partial charge in [0, 0.05) is 12.1 Å². The zero-order chi connectivity index (χ0) is 31.3. The molecule has 1 N–H and O–H groups in total. The maximum Gasteiger partial charge on any atom is 0.0319 e. The maximum absolute atomic E-state index is 4.46.